The molecule has 0 saturated carbocycles. The molecule has 1 aliphatic heterocycles. The summed E-state index contributed by atoms with van der Waals surface area (Å²) in [6.45, 7) is 2.03. The molecule has 3 N–H and O–H groups in total. The summed E-state index contributed by atoms with van der Waals surface area (Å²) in [5.74, 6) is -0.0284. The molecule has 0 aromatic heterocycles. The Hall–Kier alpha value is -1.39. The van der Waals surface area contributed by atoms with E-state index in [-0.39, 0.29) is 5.91 Å². The van der Waals surface area contributed by atoms with E-state index in [9.17, 15) is 4.79 Å². The third-order valence-electron chi connectivity index (χ3n) is 3.48. The van der Waals surface area contributed by atoms with Crippen molar-refractivity contribution in [2.45, 2.75) is 38.3 Å². The van der Waals surface area contributed by atoms with E-state index >= 15 is 0 Å². The van der Waals surface area contributed by atoms with Crippen molar-refractivity contribution in [1.82, 2.24) is 5.32 Å². The number of amides is 1. The highest BCUT2D eigenvalue weighted by Gasteiger charge is 2.13. The first kappa shape index (κ1) is 14.0. The quantitative estimate of drug-likeness (QED) is 0.851. The summed E-state index contributed by atoms with van der Waals surface area (Å²) >= 11 is 0. The minimum absolute atomic E-state index is 0.0284. The Morgan fingerprint density at radius 1 is 1.32 bits per heavy atom. The number of nitrogens with two attached hydrogens (primary N) is 1. The standard InChI is InChI=1S/C15H22N2O2/c16-11-12-4-6-13(7-5-12)15(18)17-9-8-14-3-1-2-10-19-14/h4-7,14H,1-3,8-11,16H2,(H,17,18). The zero-order valence-electron chi connectivity index (χ0n) is 11.2. The van der Waals surface area contributed by atoms with Gasteiger partial charge in [-0.3, -0.25) is 4.79 Å². The van der Waals surface area contributed by atoms with Gasteiger partial charge in [0.05, 0.1) is 6.10 Å². The number of rotatable bonds is 5. The van der Waals surface area contributed by atoms with Crippen LogP contribution in [-0.4, -0.2) is 25.2 Å². The lowest BCUT2D eigenvalue weighted by Gasteiger charge is -2.22. The van der Waals surface area contributed by atoms with Crippen molar-refractivity contribution in [3.05, 3.63) is 35.4 Å². The van der Waals surface area contributed by atoms with Crippen LogP contribution in [0.15, 0.2) is 24.3 Å². The van der Waals surface area contributed by atoms with Crippen molar-refractivity contribution >= 4 is 5.91 Å². The minimum Gasteiger partial charge on any atom is -0.378 e. The molecule has 1 aliphatic rings. The molecule has 19 heavy (non-hydrogen) atoms. The smallest absolute Gasteiger partial charge is 0.251 e. The molecule has 0 spiro atoms. The minimum atomic E-state index is -0.0284. The average Bonchev–Trinajstić information content (AvgIpc) is 2.48. The summed E-state index contributed by atoms with van der Waals surface area (Å²) in [6, 6.07) is 7.40. The topological polar surface area (TPSA) is 64.4 Å². The van der Waals surface area contributed by atoms with E-state index in [0.717, 1.165) is 31.4 Å². The molecule has 0 radical (unpaired) electrons. The fourth-order valence-electron chi connectivity index (χ4n) is 2.28. The van der Waals surface area contributed by atoms with Gasteiger partial charge < -0.3 is 15.8 Å². The molecule has 1 atom stereocenters. The molecule has 1 unspecified atom stereocenters. The molecule has 1 aromatic rings. The highest BCUT2D eigenvalue weighted by molar-refractivity contribution is 5.94. The van der Waals surface area contributed by atoms with Crippen molar-refractivity contribution < 1.29 is 9.53 Å². The van der Waals surface area contributed by atoms with Gasteiger partial charge in [-0.15, -0.1) is 0 Å². The highest BCUT2D eigenvalue weighted by atomic mass is 16.5. The lowest BCUT2D eigenvalue weighted by molar-refractivity contribution is 0.0117. The van der Waals surface area contributed by atoms with E-state index in [1.165, 1.54) is 6.42 Å². The van der Waals surface area contributed by atoms with Crippen LogP contribution >= 0.6 is 0 Å². The van der Waals surface area contributed by atoms with Crippen molar-refractivity contribution in [2.75, 3.05) is 13.2 Å². The first-order valence-electron chi connectivity index (χ1n) is 6.98. The summed E-state index contributed by atoms with van der Waals surface area (Å²) < 4.78 is 5.63. The summed E-state index contributed by atoms with van der Waals surface area (Å²) in [4.78, 5) is 11.9. The first-order chi connectivity index (χ1) is 9.29. The Bertz CT molecular complexity index is 397. The maximum Gasteiger partial charge on any atom is 0.251 e. The van der Waals surface area contributed by atoms with Crippen LogP contribution in [0, 0.1) is 0 Å². The number of carbonyl (C=O) groups is 1. The van der Waals surface area contributed by atoms with Crippen molar-refractivity contribution in [3.63, 3.8) is 0 Å². The van der Waals surface area contributed by atoms with E-state index < -0.39 is 0 Å². The number of nitrogens with one attached hydrogen (secondary N) is 1. The van der Waals surface area contributed by atoms with Crippen LogP contribution in [0.4, 0.5) is 0 Å². The Morgan fingerprint density at radius 2 is 2.11 bits per heavy atom. The second-order valence-corrected chi connectivity index (χ2v) is 4.93. The van der Waals surface area contributed by atoms with E-state index in [1.807, 2.05) is 24.3 Å². The summed E-state index contributed by atoms with van der Waals surface area (Å²) in [7, 11) is 0. The number of hydrogen-bond donors (Lipinski definition) is 2. The van der Waals surface area contributed by atoms with Crippen LogP contribution in [0.5, 0.6) is 0 Å². The molecule has 0 aliphatic carbocycles. The molecule has 1 heterocycles. The number of carbonyl (C=O) groups excluding carboxylic acids is 1. The van der Waals surface area contributed by atoms with Gasteiger partial charge in [-0.25, -0.2) is 0 Å². The third kappa shape index (κ3) is 4.33. The van der Waals surface area contributed by atoms with Gasteiger partial charge in [-0.2, -0.15) is 0 Å². The number of hydrogen-bond acceptors (Lipinski definition) is 3. The maximum absolute atomic E-state index is 11.9. The monoisotopic (exact) mass is 262 g/mol. The maximum atomic E-state index is 11.9. The third-order valence-corrected chi connectivity index (χ3v) is 3.48. The van der Waals surface area contributed by atoms with Gasteiger partial charge in [-0.05, 0) is 43.4 Å². The fraction of sp³-hybridized carbons (Fsp3) is 0.533. The van der Waals surface area contributed by atoms with Crippen molar-refractivity contribution in [3.8, 4) is 0 Å². The van der Waals surface area contributed by atoms with Gasteiger partial charge in [-0.1, -0.05) is 12.1 Å². The Labute approximate surface area is 114 Å². The molecular formula is C15H22N2O2. The first-order valence-corrected chi connectivity index (χ1v) is 6.98. The van der Waals surface area contributed by atoms with Crippen LogP contribution in [0.1, 0.15) is 41.6 Å². The van der Waals surface area contributed by atoms with E-state index in [2.05, 4.69) is 5.32 Å². The van der Waals surface area contributed by atoms with Crippen LogP contribution in [0.2, 0.25) is 0 Å². The van der Waals surface area contributed by atoms with Crippen LogP contribution < -0.4 is 11.1 Å². The summed E-state index contributed by atoms with van der Waals surface area (Å²) in [6.07, 6.45) is 4.72. The number of ether oxygens (including phenoxy) is 1. The molecule has 4 heteroatoms. The molecular weight excluding hydrogens is 240 g/mol. The van der Waals surface area contributed by atoms with Crippen LogP contribution in [-0.2, 0) is 11.3 Å². The normalized spacial score (nSPS) is 19.1. The molecule has 2 rings (SSSR count). The lowest BCUT2D eigenvalue weighted by atomic mass is 10.1. The molecule has 1 aromatic carbocycles. The molecule has 4 nitrogen and oxygen atoms in total. The molecule has 0 bridgehead atoms. The Kier molecular flexibility index (Phi) is 5.36. The van der Waals surface area contributed by atoms with Gasteiger partial charge >= 0.3 is 0 Å². The van der Waals surface area contributed by atoms with Gasteiger partial charge in [0.2, 0.25) is 0 Å². The predicted molar refractivity (Wildman–Crippen MR) is 74.9 cm³/mol. The largest absolute Gasteiger partial charge is 0.378 e. The molecule has 1 amide bonds. The highest BCUT2D eigenvalue weighted by Crippen LogP contribution is 2.14. The van der Waals surface area contributed by atoms with Crippen molar-refractivity contribution in [2.24, 2.45) is 5.73 Å². The summed E-state index contributed by atoms with van der Waals surface area (Å²) in [5, 5.41) is 2.93. The predicted octanol–water partition coefficient (Wildman–Crippen LogP) is 1.83. The van der Waals surface area contributed by atoms with E-state index in [4.69, 9.17) is 10.5 Å². The van der Waals surface area contributed by atoms with E-state index in [0.29, 0.717) is 24.8 Å². The fourth-order valence-corrected chi connectivity index (χ4v) is 2.28. The zero-order chi connectivity index (χ0) is 13.5. The lowest BCUT2D eigenvalue weighted by Crippen LogP contribution is -2.29. The number of benzene rings is 1. The van der Waals surface area contributed by atoms with Crippen LogP contribution in [0.3, 0.4) is 0 Å². The van der Waals surface area contributed by atoms with E-state index in [1.54, 1.807) is 0 Å². The second kappa shape index (κ2) is 7.26. The van der Waals surface area contributed by atoms with Gasteiger partial charge in [0.15, 0.2) is 0 Å². The van der Waals surface area contributed by atoms with Gasteiger partial charge in [0.25, 0.3) is 5.91 Å². The van der Waals surface area contributed by atoms with Gasteiger partial charge in [0.1, 0.15) is 0 Å². The average molecular weight is 262 g/mol. The molecule has 1 saturated heterocycles. The molecule has 1 fully saturated rings. The Morgan fingerprint density at radius 3 is 2.74 bits per heavy atom. The summed E-state index contributed by atoms with van der Waals surface area (Å²) in [5.41, 5.74) is 7.24. The van der Waals surface area contributed by atoms with Gasteiger partial charge in [0, 0.05) is 25.3 Å². The van der Waals surface area contributed by atoms with Crippen LogP contribution in [0.25, 0.3) is 0 Å². The molecule has 104 valence electrons. The Balaban J connectivity index is 1.73. The van der Waals surface area contributed by atoms with Crippen molar-refractivity contribution in [1.29, 1.82) is 0 Å². The zero-order valence-corrected chi connectivity index (χ0v) is 11.2. The SMILES string of the molecule is NCc1ccc(C(=O)NCCC2CCCCO2)cc1. The second-order valence-electron chi connectivity index (χ2n) is 4.93.